The predicted molar refractivity (Wildman–Crippen MR) is 99.7 cm³/mol. The van der Waals surface area contributed by atoms with Gasteiger partial charge in [0, 0.05) is 17.6 Å². The van der Waals surface area contributed by atoms with Crippen LogP contribution in [0.15, 0.2) is 54.6 Å². The molecule has 4 nitrogen and oxygen atoms in total. The first-order chi connectivity index (χ1) is 13.3. The highest BCUT2D eigenvalue weighted by Crippen LogP contribution is 2.40. The first-order valence-electron chi connectivity index (χ1n) is 9.12. The number of halogens is 3. The van der Waals surface area contributed by atoms with Gasteiger partial charge in [0.2, 0.25) is 0 Å². The van der Waals surface area contributed by atoms with Gasteiger partial charge in [0.25, 0.3) is 0 Å². The Morgan fingerprint density at radius 3 is 2.25 bits per heavy atom. The van der Waals surface area contributed by atoms with Crippen LogP contribution >= 0.6 is 0 Å². The zero-order valence-electron chi connectivity index (χ0n) is 15.2. The molecule has 28 heavy (non-hydrogen) atoms. The summed E-state index contributed by atoms with van der Waals surface area (Å²) in [6, 6.07) is 14.0. The van der Waals surface area contributed by atoms with Crippen molar-refractivity contribution in [2.45, 2.75) is 37.3 Å². The molecule has 1 fully saturated rings. The maximum Gasteiger partial charge on any atom is 0.416 e. The van der Waals surface area contributed by atoms with Gasteiger partial charge < -0.3 is 10.6 Å². The fraction of sp³-hybridized carbons (Fsp3) is 0.333. The minimum Gasteiger partial charge on any atom is -0.347 e. The molecule has 0 radical (unpaired) electrons. The molecule has 1 aliphatic rings. The normalized spacial score (nSPS) is 15.8. The van der Waals surface area contributed by atoms with E-state index in [1.54, 1.807) is 0 Å². The Hall–Kier alpha value is -2.83. The van der Waals surface area contributed by atoms with Crippen LogP contribution in [0.4, 0.5) is 18.9 Å². The number of hydrogen-bond acceptors (Lipinski definition) is 2. The molecule has 0 aliphatic heterocycles. The molecule has 0 spiro atoms. The maximum absolute atomic E-state index is 12.8. The second-order valence-corrected chi connectivity index (χ2v) is 7.07. The highest BCUT2D eigenvalue weighted by molar-refractivity contribution is 6.39. The van der Waals surface area contributed by atoms with E-state index >= 15 is 0 Å². The average Bonchev–Trinajstić information content (AvgIpc) is 3.16. The van der Waals surface area contributed by atoms with E-state index in [-0.39, 0.29) is 11.1 Å². The summed E-state index contributed by atoms with van der Waals surface area (Å²) in [5, 5.41) is 4.89. The van der Waals surface area contributed by atoms with E-state index in [0.717, 1.165) is 43.4 Å². The van der Waals surface area contributed by atoms with Crippen molar-refractivity contribution in [2.24, 2.45) is 0 Å². The Bertz CT molecular complexity index is 844. The number of rotatable bonds is 4. The maximum atomic E-state index is 12.8. The van der Waals surface area contributed by atoms with E-state index < -0.39 is 23.6 Å². The number of alkyl halides is 3. The summed E-state index contributed by atoms with van der Waals surface area (Å²) in [5.41, 5.74) is -0.0627. The van der Waals surface area contributed by atoms with Crippen LogP contribution in [-0.2, 0) is 21.2 Å². The first-order valence-corrected chi connectivity index (χ1v) is 9.12. The topological polar surface area (TPSA) is 58.2 Å². The monoisotopic (exact) mass is 390 g/mol. The van der Waals surface area contributed by atoms with Crippen molar-refractivity contribution < 1.29 is 22.8 Å². The number of nitrogens with one attached hydrogen (secondary N) is 2. The number of benzene rings is 2. The fourth-order valence-electron chi connectivity index (χ4n) is 3.70. The molecular weight excluding hydrogens is 369 g/mol. The van der Waals surface area contributed by atoms with Crippen molar-refractivity contribution in [3.8, 4) is 0 Å². The van der Waals surface area contributed by atoms with Crippen molar-refractivity contribution in [1.29, 1.82) is 0 Å². The minimum absolute atomic E-state index is 0.0754. The highest BCUT2D eigenvalue weighted by atomic mass is 19.4. The number of carbonyl (C=O) groups excluding carboxylic acids is 2. The van der Waals surface area contributed by atoms with Crippen LogP contribution in [0.3, 0.4) is 0 Å². The van der Waals surface area contributed by atoms with Gasteiger partial charge in [0.15, 0.2) is 0 Å². The third-order valence-electron chi connectivity index (χ3n) is 5.19. The van der Waals surface area contributed by atoms with Crippen molar-refractivity contribution in [1.82, 2.24) is 5.32 Å². The van der Waals surface area contributed by atoms with E-state index in [9.17, 15) is 22.8 Å². The molecule has 1 aliphatic carbocycles. The van der Waals surface area contributed by atoms with Gasteiger partial charge in [-0.3, -0.25) is 9.59 Å². The molecule has 1 saturated carbocycles. The second kappa shape index (κ2) is 8.04. The number of carbonyl (C=O) groups is 2. The lowest BCUT2D eigenvalue weighted by Crippen LogP contribution is -2.43. The van der Waals surface area contributed by atoms with Gasteiger partial charge in [0.05, 0.1) is 5.56 Å². The lowest BCUT2D eigenvalue weighted by molar-refractivity contribution is -0.137. The van der Waals surface area contributed by atoms with Crippen LogP contribution in [0, 0.1) is 0 Å². The molecular formula is C21H21F3N2O2. The molecule has 0 saturated heterocycles. The minimum atomic E-state index is -4.52. The molecule has 2 aromatic rings. The van der Waals surface area contributed by atoms with Crippen molar-refractivity contribution in [3.05, 3.63) is 65.7 Å². The van der Waals surface area contributed by atoms with E-state index in [1.807, 2.05) is 30.3 Å². The molecule has 0 unspecified atom stereocenters. The van der Waals surface area contributed by atoms with Crippen molar-refractivity contribution in [3.63, 3.8) is 0 Å². The molecule has 148 valence electrons. The Morgan fingerprint density at radius 2 is 1.61 bits per heavy atom. The number of amides is 2. The van der Waals surface area contributed by atoms with E-state index in [4.69, 9.17) is 0 Å². The standard InChI is InChI=1S/C21H21F3N2O2/c22-21(23,24)16-9-6-10-17(13-16)26-19(28)18(27)25-14-20(11-4-5-12-20)15-7-2-1-3-8-15/h1-3,6-10,13H,4-5,11-12,14H2,(H,25,27)(H,26,28). The zero-order chi connectivity index (χ0) is 20.2. The molecule has 0 heterocycles. The van der Waals surface area contributed by atoms with Crippen LogP contribution in [0.1, 0.15) is 36.8 Å². The van der Waals surface area contributed by atoms with Crippen LogP contribution < -0.4 is 10.6 Å². The summed E-state index contributed by atoms with van der Waals surface area (Å²) in [6.45, 7) is 0.311. The van der Waals surface area contributed by atoms with E-state index in [2.05, 4.69) is 10.6 Å². The quantitative estimate of drug-likeness (QED) is 0.766. The number of hydrogen-bond donors (Lipinski definition) is 2. The molecule has 0 atom stereocenters. The Balaban J connectivity index is 1.64. The smallest absolute Gasteiger partial charge is 0.347 e. The summed E-state index contributed by atoms with van der Waals surface area (Å²) in [6.07, 6.45) is -0.616. The Labute approximate surface area is 161 Å². The average molecular weight is 390 g/mol. The lowest BCUT2D eigenvalue weighted by atomic mass is 9.79. The molecule has 2 N–H and O–H groups in total. The van der Waals surface area contributed by atoms with Gasteiger partial charge in [-0.2, -0.15) is 13.2 Å². The third-order valence-corrected chi connectivity index (χ3v) is 5.19. The Morgan fingerprint density at radius 1 is 0.929 bits per heavy atom. The van der Waals surface area contributed by atoms with Crippen molar-refractivity contribution in [2.75, 3.05) is 11.9 Å². The van der Waals surface area contributed by atoms with Crippen LogP contribution in [0.2, 0.25) is 0 Å². The molecule has 3 rings (SSSR count). The van der Waals surface area contributed by atoms with Gasteiger partial charge in [-0.25, -0.2) is 0 Å². The van der Waals surface area contributed by atoms with Gasteiger partial charge in [-0.15, -0.1) is 0 Å². The van der Waals surface area contributed by atoms with Crippen LogP contribution in [0.25, 0.3) is 0 Å². The van der Waals surface area contributed by atoms with Gasteiger partial charge >= 0.3 is 18.0 Å². The summed E-state index contributed by atoms with van der Waals surface area (Å²) in [5.74, 6) is -1.85. The van der Waals surface area contributed by atoms with Gasteiger partial charge in [0.1, 0.15) is 0 Å². The molecule has 0 bridgehead atoms. The SMILES string of the molecule is O=C(NCC1(c2ccccc2)CCCC1)C(=O)Nc1cccc(C(F)(F)F)c1. The third kappa shape index (κ3) is 4.52. The molecule has 0 aromatic heterocycles. The van der Waals surface area contributed by atoms with Gasteiger partial charge in [-0.1, -0.05) is 49.2 Å². The summed E-state index contributed by atoms with van der Waals surface area (Å²) < 4.78 is 38.3. The summed E-state index contributed by atoms with van der Waals surface area (Å²) in [4.78, 5) is 24.3. The van der Waals surface area contributed by atoms with Gasteiger partial charge in [-0.05, 0) is 36.6 Å². The Kier molecular flexibility index (Phi) is 5.72. The molecule has 2 amide bonds. The summed E-state index contributed by atoms with van der Waals surface area (Å²) >= 11 is 0. The zero-order valence-corrected chi connectivity index (χ0v) is 15.2. The van der Waals surface area contributed by atoms with Crippen LogP contribution in [0.5, 0.6) is 0 Å². The first kappa shape index (κ1) is 19.9. The largest absolute Gasteiger partial charge is 0.416 e. The lowest BCUT2D eigenvalue weighted by Gasteiger charge is -2.29. The fourth-order valence-corrected chi connectivity index (χ4v) is 3.70. The molecule has 2 aromatic carbocycles. The number of anilines is 1. The van der Waals surface area contributed by atoms with E-state index in [0.29, 0.717) is 6.54 Å². The van der Waals surface area contributed by atoms with E-state index in [1.165, 1.54) is 12.1 Å². The highest BCUT2D eigenvalue weighted by Gasteiger charge is 2.36. The molecule has 7 heteroatoms. The van der Waals surface area contributed by atoms with Crippen molar-refractivity contribution >= 4 is 17.5 Å². The predicted octanol–water partition coefficient (Wildman–Crippen LogP) is 4.27. The second-order valence-electron chi connectivity index (χ2n) is 7.07. The summed E-state index contributed by atoms with van der Waals surface area (Å²) in [7, 11) is 0. The van der Waals surface area contributed by atoms with Crippen LogP contribution in [-0.4, -0.2) is 18.4 Å².